The van der Waals surface area contributed by atoms with Gasteiger partial charge in [-0.2, -0.15) is 0 Å². The fourth-order valence-corrected chi connectivity index (χ4v) is 2.62. The molecule has 0 aliphatic rings. The summed E-state index contributed by atoms with van der Waals surface area (Å²) < 4.78 is 5.09. The predicted octanol–water partition coefficient (Wildman–Crippen LogP) is 7.59. The summed E-state index contributed by atoms with van der Waals surface area (Å²) in [5.74, 6) is 0. The number of hydrogen-bond acceptors (Lipinski definition) is 2. The second-order valence-corrected chi connectivity index (χ2v) is 7.01. The van der Waals surface area contributed by atoms with Gasteiger partial charge in [0.1, 0.15) is 0 Å². The number of carbonyl (C=O) groups excluding carboxylic acids is 1. The summed E-state index contributed by atoms with van der Waals surface area (Å²) in [6, 6.07) is 22.4. The second-order valence-electron chi connectivity index (χ2n) is 6.14. The lowest BCUT2D eigenvalue weighted by Gasteiger charge is -2.22. The summed E-state index contributed by atoms with van der Waals surface area (Å²) in [6.07, 6.45) is -0.447. The van der Waals surface area contributed by atoms with Crippen molar-refractivity contribution in [2.24, 2.45) is 0 Å². The van der Waals surface area contributed by atoms with Gasteiger partial charge in [-0.15, -0.1) is 0 Å². The molecular formula is C23H23Cl2NO2. The molecule has 5 heteroatoms. The van der Waals surface area contributed by atoms with Crippen LogP contribution in [0.15, 0.2) is 72.8 Å². The molecule has 3 aromatic rings. The lowest BCUT2D eigenvalue weighted by Crippen LogP contribution is -2.26. The number of nitrogens with zero attached hydrogens (tertiary/aromatic N) is 1. The maximum atomic E-state index is 12.2. The van der Waals surface area contributed by atoms with E-state index in [0.717, 1.165) is 0 Å². The van der Waals surface area contributed by atoms with Gasteiger partial charge in [0.25, 0.3) is 0 Å². The first-order valence-electron chi connectivity index (χ1n) is 8.92. The van der Waals surface area contributed by atoms with Crippen molar-refractivity contribution in [1.29, 1.82) is 0 Å². The van der Waals surface area contributed by atoms with Gasteiger partial charge < -0.3 is 4.74 Å². The van der Waals surface area contributed by atoms with Crippen molar-refractivity contribution in [2.75, 3.05) is 11.5 Å². The topological polar surface area (TPSA) is 29.5 Å². The smallest absolute Gasteiger partial charge is 0.418 e. The van der Waals surface area contributed by atoms with Crippen molar-refractivity contribution >= 4 is 40.7 Å². The first-order chi connectivity index (χ1) is 13.4. The van der Waals surface area contributed by atoms with Gasteiger partial charge in [0.2, 0.25) is 0 Å². The van der Waals surface area contributed by atoms with Crippen LogP contribution in [-0.4, -0.2) is 12.7 Å². The zero-order valence-corrected chi connectivity index (χ0v) is 17.7. The van der Waals surface area contributed by atoms with Crippen molar-refractivity contribution < 1.29 is 9.53 Å². The summed E-state index contributed by atoms with van der Waals surface area (Å²) in [6.45, 7) is 6.26. The van der Waals surface area contributed by atoms with Crippen LogP contribution < -0.4 is 4.90 Å². The fraction of sp³-hybridized carbons (Fsp3) is 0.174. The Morgan fingerprint density at radius 1 is 0.750 bits per heavy atom. The van der Waals surface area contributed by atoms with Crippen LogP contribution in [0.3, 0.4) is 0 Å². The highest BCUT2D eigenvalue weighted by Gasteiger charge is 2.19. The van der Waals surface area contributed by atoms with Crippen LogP contribution >= 0.6 is 23.2 Å². The molecule has 28 heavy (non-hydrogen) atoms. The number of halogens is 2. The molecule has 0 N–H and O–H groups in total. The van der Waals surface area contributed by atoms with Crippen LogP contribution in [0.25, 0.3) is 0 Å². The zero-order valence-electron chi connectivity index (χ0n) is 16.2. The third-order valence-corrected chi connectivity index (χ3v) is 4.34. The Morgan fingerprint density at radius 2 is 1.11 bits per heavy atom. The molecule has 0 aliphatic heterocycles. The van der Waals surface area contributed by atoms with Crippen molar-refractivity contribution in [1.82, 2.24) is 0 Å². The normalized spacial score (nSPS) is 9.89. The SMILES string of the molecule is CCOC(=O)N(c1ccc(Cl)cc1)c1ccc(Cl)cc1.Cc1ccc(C)cc1. The maximum Gasteiger partial charge on any atom is 0.418 e. The van der Waals surface area contributed by atoms with Crippen LogP contribution in [0.4, 0.5) is 16.2 Å². The fourth-order valence-electron chi connectivity index (χ4n) is 2.37. The number of rotatable bonds is 3. The quantitative estimate of drug-likeness (QED) is 0.440. The van der Waals surface area contributed by atoms with Crippen LogP contribution in [0, 0.1) is 13.8 Å². The molecule has 0 saturated heterocycles. The Morgan fingerprint density at radius 3 is 1.43 bits per heavy atom. The minimum absolute atomic E-state index is 0.302. The summed E-state index contributed by atoms with van der Waals surface area (Å²) in [5, 5.41) is 1.21. The number of hydrogen-bond donors (Lipinski definition) is 0. The molecule has 0 saturated carbocycles. The molecule has 0 aromatic heterocycles. The van der Waals surface area contributed by atoms with E-state index in [0.29, 0.717) is 28.0 Å². The predicted molar refractivity (Wildman–Crippen MR) is 118 cm³/mol. The number of amides is 1. The third-order valence-electron chi connectivity index (χ3n) is 3.84. The molecule has 0 fully saturated rings. The highest BCUT2D eigenvalue weighted by Crippen LogP contribution is 2.28. The Balaban J connectivity index is 0.000000292. The molecule has 1 amide bonds. The van der Waals surface area contributed by atoms with Gasteiger partial charge >= 0.3 is 6.09 Å². The van der Waals surface area contributed by atoms with Crippen molar-refractivity contribution in [2.45, 2.75) is 20.8 Å². The van der Waals surface area contributed by atoms with Crippen LogP contribution in [0.5, 0.6) is 0 Å². The van der Waals surface area contributed by atoms with E-state index < -0.39 is 6.09 Å². The van der Waals surface area contributed by atoms with Gasteiger partial charge in [-0.3, -0.25) is 0 Å². The van der Waals surface area contributed by atoms with Gasteiger partial charge in [-0.25, -0.2) is 9.69 Å². The van der Waals surface area contributed by atoms with E-state index in [9.17, 15) is 4.79 Å². The van der Waals surface area contributed by atoms with E-state index in [1.54, 1.807) is 55.5 Å². The number of anilines is 2. The summed E-state index contributed by atoms with van der Waals surface area (Å²) in [5.41, 5.74) is 4.01. The van der Waals surface area contributed by atoms with E-state index in [-0.39, 0.29) is 0 Å². The third kappa shape index (κ3) is 6.59. The average Bonchev–Trinajstić information content (AvgIpc) is 2.68. The standard InChI is InChI=1S/C15H13Cl2NO2.C8H10/c1-2-20-15(19)18(13-7-3-11(16)4-8-13)14-9-5-12(17)6-10-14;1-7-3-5-8(2)6-4-7/h3-10H,2H2,1H3;3-6H,1-2H3. The van der Waals surface area contributed by atoms with Crippen molar-refractivity contribution in [3.05, 3.63) is 94.0 Å². The molecule has 146 valence electrons. The molecule has 0 aliphatic carbocycles. The Labute approximate surface area is 176 Å². The van der Waals surface area contributed by atoms with Crippen LogP contribution in [0.2, 0.25) is 10.0 Å². The Hall–Kier alpha value is -2.49. The average molecular weight is 416 g/mol. The molecule has 0 unspecified atom stereocenters. The molecule has 0 radical (unpaired) electrons. The maximum absolute atomic E-state index is 12.2. The second kappa shape index (κ2) is 10.7. The molecule has 0 bridgehead atoms. The summed E-state index contributed by atoms with van der Waals surface area (Å²) in [7, 11) is 0. The highest BCUT2D eigenvalue weighted by molar-refractivity contribution is 6.31. The molecule has 3 rings (SSSR count). The number of carbonyl (C=O) groups is 1. The van der Waals surface area contributed by atoms with E-state index in [1.807, 2.05) is 0 Å². The monoisotopic (exact) mass is 415 g/mol. The highest BCUT2D eigenvalue weighted by atomic mass is 35.5. The minimum Gasteiger partial charge on any atom is -0.449 e. The Bertz CT molecular complexity index is 809. The van der Waals surface area contributed by atoms with Gasteiger partial charge in [-0.1, -0.05) is 58.6 Å². The van der Waals surface area contributed by atoms with E-state index in [2.05, 4.69) is 38.1 Å². The lowest BCUT2D eigenvalue weighted by atomic mass is 10.2. The van der Waals surface area contributed by atoms with E-state index >= 15 is 0 Å². The van der Waals surface area contributed by atoms with Gasteiger partial charge in [0.15, 0.2) is 0 Å². The largest absolute Gasteiger partial charge is 0.449 e. The minimum atomic E-state index is -0.447. The lowest BCUT2D eigenvalue weighted by molar-refractivity contribution is 0.162. The molecule has 0 atom stereocenters. The molecule has 0 heterocycles. The van der Waals surface area contributed by atoms with E-state index in [1.165, 1.54) is 16.0 Å². The first-order valence-corrected chi connectivity index (χ1v) is 9.67. The Kier molecular flexibility index (Phi) is 8.37. The first kappa shape index (κ1) is 21.8. The molecular weight excluding hydrogens is 393 g/mol. The van der Waals surface area contributed by atoms with Crippen molar-refractivity contribution in [3.63, 3.8) is 0 Å². The van der Waals surface area contributed by atoms with Crippen molar-refractivity contribution in [3.8, 4) is 0 Å². The number of ether oxygens (including phenoxy) is 1. The molecule has 3 nitrogen and oxygen atoms in total. The van der Waals surface area contributed by atoms with Gasteiger partial charge in [0.05, 0.1) is 18.0 Å². The van der Waals surface area contributed by atoms with E-state index in [4.69, 9.17) is 27.9 Å². The number of benzene rings is 3. The van der Waals surface area contributed by atoms with Gasteiger partial charge in [0, 0.05) is 10.0 Å². The van der Waals surface area contributed by atoms with Gasteiger partial charge in [-0.05, 0) is 69.3 Å². The van der Waals surface area contributed by atoms with Crippen LogP contribution in [-0.2, 0) is 4.74 Å². The number of aryl methyl sites for hydroxylation is 2. The summed E-state index contributed by atoms with van der Waals surface area (Å²) in [4.78, 5) is 13.6. The zero-order chi connectivity index (χ0) is 20.5. The summed E-state index contributed by atoms with van der Waals surface area (Å²) >= 11 is 11.7. The molecule has 3 aromatic carbocycles. The molecule has 0 spiro atoms. The van der Waals surface area contributed by atoms with Crippen LogP contribution in [0.1, 0.15) is 18.1 Å².